The highest BCUT2D eigenvalue weighted by molar-refractivity contribution is 6.00. The molecule has 0 aliphatic carbocycles. The van der Waals surface area contributed by atoms with Crippen molar-refractivity contribution in [1.82, 2.24) is 0 Å². The molecule has 0 heterocycles. The molecule has 0 fully saturated rings. The minimum Gasteiger partial charge on any atom is -0.507 e. The summed E-state index contributed by atoms with van der Waals surface area (Å²) < 4.78 is 0. The lowest BCUT2D eigenvalue weighted by Gasteiger charge is -2.04. The number of aromatic hydroxyl groups is 1. The molecule has 0 saturated carbocycles. The van der Waals surface area contributed by atoms with Crippen molar-refractivity contribution in [2.45, 2.75) is 13.5 Å². The molecule has 1 rings (SSSR count). The van der Waals surface area contributed by atoms with Crippen molar-refractivity contribution in [2.24, 2.45) is 10.3 Å². The maximum atomic E-state index is 9.47. The summed E-state index contributed by atoms with van der Waals surface area (Å²) >= 11 is 0. The summed E-state index contributed by atoms with van der Waals surface area (Å²) in [6.07, 6.45) is 0. The highest BCUT2D eigenvalue weighted by Crippen LogP contribution is 2.19. The standard InChI is InChI=1S/C9H10N4O2/c1-6(12-15)8-4-7(5-11-13-10)2-3-9(8)14/h2-4,14-15H,5H2,1H3. The molecule has 1 aromatic rings. The Bertz CT molecular complexity index is 436. The van der Waals surface area contributed by atoms with E-state index in [9.17, 15) is 5.11 Å². The van der Waals surface area contributed by atoms with Crippen LogP contribution in [0.2, 0.25) is 0 Å². The zero-order chi connectivity index (χ0) is 11.3. The number of nitrogens with zero attached hydrogens (tertiary/aromatic N) is 4. The highest BCUT2D eigenvalue weighted by Gasteiger charge is 2.05. The molecule has 0 aliphatic rings. The summed E-state index contributed by atoms with van der Waals surface area (Å²) in [4.78, 5) is 2.63. The Hall–Kier alpha value is -2.20. The molecular weight excluding hydrogens is 196 g/mol. The van der Waals surface area contributed by atoms with Crippen LogP contribution < -0.4 is 0 Å². The molecule has 0 atom stereocenters. The van der Waals surface area contributed by atoms with E-state index < -0.39 is 0 Å². The first-order valence-electron chi connectivity index (χ1n) is 4.21. The molecule has 0 unspecified atom stereocenters. The lowest BCUT2D eigenvalue weighted by atomic mass is 10.1. The molecule has 6 heteroatoms. The zero-order valence-electron chi connectivity index (χ0n) is 8.12. The largest absolute Gasteiger partial charge is 0.507 e. The number of rotatable bonds is 3. The van der Waals surface area contributed by atoms with Crippen LogP contribution in [0, 0.1) is 0 Å². The van der Waals surface area contributed by atoms with Gasteiger partial charge in [0.25, 0.3) is 0 Å². The molecule has 0 amide bonds. The van der Waals surface area contributed by atoms with Gasteiger partial charge in [0.2, 0.25) is 0 Å². The van der Waals surface area contributed by atoms with Gasteiger partial charge in [-0.1, -0.05) is 16.3 Å². The fourth-order valence-electron chi connectivity index (χ4n) is 1.14. The third kappa shape index (κ3) is 2.62. The van der Waals surface area contributed by atoms with E-state index in [1.807, 2.05) is 0 Å². The number of phenols is 1. The summed E-state index contributed by atoms with van der Waals surface area (Å²) in [6, 6.07) is 4.71. The van der Waals surface area contributed by atoms with Gasteiger partial charge in [0.05, 0.1) is 12.3 Å². The number of hydrogen-bond donors (Lipinski definition) is 2. The molecule has 0 spiro atoms. The number of oxime groups is 1. The highest BCUT2D eigenvalue weighted by atomic mass is 16.4. The van der Waals surface area contributed by atoms with Gasteiger partial charge in [0.1, 0.15) is 5.75 Å². The van der Waals surface area contributed by atoms with E-state index in [4.69, 9.17) is 10.7 Å². The first-order valence-corrected chi connectivity index (χ1v) is 4.21. The van der Waals surface area contributed by atoms with Crippen LogP contribution >= 0.6 is 0 Å². The SMILES string of the molecule is CC(=NO)c1cc(CN=[N+]=[N-])ccc1O. The Morgan fingerprint density at radius 2 is 2.27 bits per heavy atom. The van der Waals surface area contributed by atoms with Crippen LogP contribution in [0.25, 0.3) is 10.4 Å². The second kappa shape index (κ2) is 4.88. The van der Waals surface area contributed by atoms with Gasteiger partial charge >= 0.3 is 0 Å². The Kier molecular flexibility index (Phi) is 3.54. The van der Waals surface area contributed by atoms with Gasteiger partial charge in [-0.05, 0) is 30.2 Å². The van der Waals surface area contributed by atoms with Crippen LogP contribution in [0.15, 0.2) is 28.5 Å². The van der Waals surface area contributed by atoms with Crippen LogP contribution in [0.1, 0.15) is 18.1 Å². The summed E-state index contributed by atoms with van der Waals surface area (Å²) in [5.41, 5.74) is 9.61. The van der Waals surface area contributed by atoms with Crippen molar-refractivity contribution in [3.05, 3.63) is 39.8 Å². The third-order valence-electron chi connectivity index (χ3n) is 1.92. The first-order chi connectivity index (χ1) is 7.19. The molecule has 0 saturated heterocycles. The van der Waals surface area contributed by atoms with Crippen molar-refractivity contribution >= 4 is 5.71 Å². The van der Waals surface area contributed by atoms with Crippen LogP contribution in [0.4, 0.5) is 0 Å². The number of hydrogen-bond acceptors (Lipinski definition) is 4. The van der Waals surface area contributed by atoms with Crippen molar-refractivity contribution in [3.8, 4) is 5.75 Å². The molecule has 0 aliphatic heterocycles. The number of azide groups is 1. The van der Waals surface area contributed by atoms with E-state index in [2.05, 4.69) is 15.2 Å². The molecule has 0 radical (unpaired) electrons. The van der Waals surface area contributed by atoms with Gasteiger partial charge in [0, 0.05) is 10.5 Å². The fourth-order valence-corrected chi connectivity index (χ4v) is 1.14. The maximum absolute atomic E-state index is 9.47. The average Bonchev–Trinajstić information content (AvgIpc) is 2.27. The molecule has 0 bridgehead atoms. The molecule has 6 nitrogen and oxygen atoms in total. The smallest absolute Gasteiger partial charge is 0.124 e. The molecular formula is C9H10N4O2. The quantitative estimate of drug-likeness (QED) is 0.198. The summed E-state index contributed by atoms with van der Waals surface area (Å²) in [6.45, 7) is 1.76. The number of benzene rings is 1. The lowest BCUT2D eigenvalue weighted by Crippen LogP contribution is -1.96. The van der Waals surface area contributed by atoms with Crippen molar-refractivity contribution < 1.29 is 10.3 Å². The van der Waals surface area contributed by atoms with E-state index in [1.54, 1.807) is 19.1 Å². The number of phenolic OH excluding ortho intramolecular Hbond substituents is 1. The second-order valence-corrected chi connectivity index (χ2v) is 2.93. The fraction of sp³-hybridized carbons (Fsp3) is 0.222. The molecule has 2 N–H and O–H groups in total. The predicted octanol–water partition coefficient (Wildman–Crippen LogP) is 2.40. The van der Waals surface area contributed by atoms with Crippen molar-refractivity contribution in [2.75, 3.05) is 0 Å². The van der Waals surface area contributed by atoms with Crippen molar-refractivity contribution in [3.63, 3.8) is 0 Å². The van der Waals surface area contributed by atoms with Gasteiger partial charge in [-0.3, -0.25) is 0 Å². The van der Waals surface area contributed by atoms with Crippen LogP contribution in [-0.4, -0.2) is 16.0 Å². The topological polar surface area (TPSA) is 102 Å². The van der Waals surface area contributed by atoms with E-state index in [-0.39, 0.29) is 12.3 Å². The van der Waals surface area contributed by atoms with E-state index >= 15 is 0 Å². The average molecular weight is 206 g/mol. The second-order valence-electron chi connectivity index (χ2n) is 2.93. The Morgan fingerprint density at radius 3 is 2.87 bits per heavy atom. The predicted molar refractivity (Wildman–Crippen MR) is 55.0 cm³/mol. The first kappa shape index (κ1) is 10.9. The monoisotopic (exact) mass is 206 g/mol. The third-order valence-corrected chi connectivity index (χ3v) is 1.92. The molecule has 0 aromatic heterocycles. The van der Waals surface area contributed by atoms with Gasteiger partial charge in [-0.25, -0.2) is 0 Å². The minimum atomic E-state index is 0.0231. The van der Waals surface area contributed by atoms with E-state index in [0.29, 0.717) is 11.3 Å². The Morgan fingerprint density at radius 1 is 1.53 bits per heavy atom. The van der Waals surface area contributed by atoms with Crippen LogP contribution in [0.3, 0.4) is 0 Å². The zero-order valence-corrected chi connectivity index (χ0v) is 8.12. The summed E-state index contributed by atoms with van der Waals surface area (Å²) in [7, 11) is 0. The van der Waals surface area contributed by atoms with E-state index in [0.717, 1.165) is 5.56 Å². The van der Waals surface area contributed by atoms with Crippen molar-refractivity contribution in [1.29, 1.82) is 0 Å². The molecule has 15 heavy (non-hydrogen) atoms. The maximum Gasteiger partial charge on any atom is 0.124 e. The van der Waals surface area contributed by atoms with Gasteiger partial charge in [-0.15, -0.1) is 0 Å². The van der Waals surface area contributed by atoms with Gasteiger partial charge in [0.15, 0.2) is 0 Å². The van der Waals surface area contributed by atoms with E-state index in [1.165, 1.54) is 6.07 Å². The summed E-state index contributed by atoms with van der Waals surface area (Å²) in [5.74, 6) is 0.0231. The lowest BCUT2D eigenvalue weighted by molar-refractivity contribution is 0.318. The Balaban J connectivity index is 3.10. The molecule has 78 valence electrons. The normalized spacial score (nSPS) is 10.9. The van der Waals surface area contributed by atoms with Crippen LogP contribution in [-0.2, 0) is 6.54 Å². The van der Waals surface area contributed by atoms with Gasteiger partial charge in [-0.2, -0.15) is 0 Å². The summed E-state index contributed by atoms with van der Waals surface area (Å²) in [5, 5.41) is 24.4. The molecule has 1 aromatic carbocycles. The Labute approximate surface area is 86.1 Å². The minimum absolute atomic E-state index is 0.0231. The van der Waals surface area contributed by atoms with Gasteiger partial charge < -0.3 is 10.3 Å². The van der Waals surface area contributed by atoms with Crippen LogP contribution in [0.5, 0.6) is 5.75 Å².